The van der Waals surface area contributed by atoms with Gasteiger partial charge in [-0.15, -0.1) is 0 Å². The zero-order valence-electron chi connectivity index (χ0n) is 19.6. The van der Waals surface area contributed by atoms with Crippen LogP contribution in [-0.4, -0.2) is 0 Å². The van der Waals surface area contributed by atoms with E-state index in [9.17, 15) is 0 Å². The molecule has 0 atom stereocenters. The van der Waals surface area contributed by atoms with Gasteiger partial charge in [-0.25, -0.2) is 0 Å². The highest BCUT2D eigenvalue weighted by Crippen LogP contribution is 2.50. The van der Waals surface area contributed by atoms with Crippen LogP contribution in [0, 0.1) is 13.8 Å². The first-order valence-corrected chi connectivity index (χ1v) is 11.9. The minimum Gasteiger partial charge on any atom is -0.355 e. The van der Waals surface area contributed by atoms with Gasteiger partial charge < -0.3 is 5.32 Å². The molecule has 0 saturated carbocycles. The van der Waals surface area contributed by atoms with Crippen LogP contribution in [0.4, 0.5) is 11.4 Å². The van der Waals surface area contributed by atoms with E-state index >= 15 is 0 Å². The maximum Gasteiger partial charge on any atom is 0.0512 e. The van der Waals surface area contributed by atoms with Crippen LogP contribution in [0.3, 0.4) is 0 Å². The molecule has 1 heteroatoms. The summed E-state index contributed by atoms with van der Waals surface area (Å²) in [5, 5.41) is 3.93. The maximum atomic E-state index is 3.93. The number of anilines is 2. The minimum absolute atomic E-state index is 0.938. The van der Waals surface area contributed by atoms with E-state index in [4.69, 9.17) is 0 Å². The predicted molar refractivity (Wildman–Crippen MR) is 145 cm³/mol. The predicted octanol–water partition coefficient (Wildman–Crippen LogP) is 8.95. The Balaban J connectivity index is 1.69. The van der Waals surface area contributed by atoms with Crippen molar-refractivity contribution < 1.29 is 0 Å². The standard InChI is InChI=1S/C33H27N/c1-22-12-11-19-31(23(22)2)34-33-30-20-26-17-9-10-18-27(26)29(30)21-28(24-13-5-3-6-14-24)32(33)25-15-7-4-8-16-25/h3-19,21,34H,20H2,1-2H3. The fourth-order valence-electron chi connectivity index (χ4n) is 5.18. The first-order chi connectivity index (χ1) is 16.7. The zero-order valence-corrected chi connectivity index (χ0v) is 19.6. The van der Waals surface area contributed by atoms with E-state index in [1.807, 2.05) is 0 Å². The van der Waals surface area contributed by atoms with Crippen LogP contribution in [0.1, 0.15) is 22.3 Å². The Labute approximate surface area is 201 Å². The number of hydrogen-bond acceptors (Lipinski definition) is 1. The highest BCUT2D eigenvalue weighted by molar-refractivity contribution is 6.01. The summed E-state index contributed by atoms with van der Waals surface area (Å²) in [4.78, 5) is 0. The first kappa shape index (κ1) is 20.5. The molecule has 34 heavy (non-hydrogen) atoms. The van der Waals surface area contributed by atoms with Gasteiger partial charge in [-0.1, -0.05) is 97.1 Å². The average Bonchev–Trinajstić information content (AvgIpc) is 3.26. The lowest BCUT2D eigenvalue weighted by atomic mass is 9.87. The topological polar surface area (TPSA) is 12.0 Å². The second-order valence-electron chi connectivity index (χ2n) is 9.14. The van der Waals surface area contributed by atoms with Gasteiger partial charge in [-0.2, -0.15) is 0 Å². The van der Waals surface area contributed by atoms with Crippen LogP contribution in [0.25, 0.3) is 33.4 Å². The Morgan fingerprint density at radius 2 is 1.26 bits per heavy atom. The van der Waals surface area contributed by atoms with Crippen LogP contribution in [0.15, 0.2) is 109 Å². The quantitative estimate of drug-likeness (QED) is 0.290. The van der Waals surface area contributed by atoms with Gasteiger partial charge in [-0.3, -0.25) is 0 Å². The molecule has 1 aliphatic carbocycles. The minimum atomic E-state index is 0.938. The molecule has 0 saturated heterocycles. The summed E-state index contributed by atoms with van der Waals surface area (Å²) in [5.74, 6) is 0. The Bertz CT molecular complexity index is 1500. The molecule has 1 nitrogen and oxygen atoms in total. The van der Waals surface area contributed by atoms with Crippen molar-refractivity contribution in [3.8, 4) is 33.4 Å². The van der Waals surface area contributed by atoms with Crippen LogP contribution < -0.4 is 5.32 Å². The molecule has 5 aromatic rings. The third kappa shape index (κ3) is 3.41. The molecular formula is C33H27N. The van der Waals surface area contributed by atoms with E-state index < -0.39 is 0 Å². The normalized spacial score (nSPS) is 11.7. The molecule has 0 amide bonds. The summed E-state index contributed by atoms with van der Waals surface area (Å²) in [6.45, 7) is 4.38. The fraction of sp³-hybridized carbons (Fsp3) is 0.0909. The lowest BCUT2D eigenvalue weighted by molar-refractivity contribution is 1.25. The van der Waals surface area contributed by atoms with Gasteiger partial charge in [0.05, 0.1) is 5.69 Å². The number of aryl methyl sites for hydroxylation is 1. The maximum absolute atomic E-state index is 3.93. The van der Waals surface area contributed by atoms with Crippen molar-refractivity contribution in [2.24, 2.45) is 0 Å². The summed E-state index contributed by atoms with van der Waals surface area (Å²) >= 11 is 0. The number of benzene rings is 5. The molecule has 1 N–H and O–H groups in total. The molecule has 1 aliphatic rings. The third-order valence-corrected chi connectivity index (χ3v) is 7.12. The van der Waals surface area contributed by atoms with Crippen molar-refractivity contribution in [1.29, 1.82) is 0 Å². The van der Waals surface area contributed by atoms with Crippen LogP contribution in [0.5, 0.6) is 0 Å². The second kappa shape index (κ2) is 8.35. The van der Waals surface area contributed by atoms with Gasteiger partial charge in [0, 0.05) is 17.7 Å². The number of fused-ring (bicyclic) bond motifs is 3. The van der Waals surface area contributed by atoms with E-state index in [1.54, 1.807) is 0 Å². The summed E-state index contributed by atoms with van der Waals surface area (Å²) in [5.41, 5.74) is 15.4. The van der Waals surface area contributed by atoms with Gasteiger partial charge >= 0.3 is 0 Å². The number of rotatable bonds is 4. The summed E-state index contributed by atoms with van der Waals surface area (Å²) in [6, 6.07) is 39.3. The molecule has 6 rings (SSSR count). The summed E-state index contributed by atoms with van der Waals surface area (Å²) in [7, 11) is 0. The monoisotopic (exact) mass is 437 g/mol. The lowest BCUT2D eigenvalue weighted by Crippen LogP contribution is -2.02. The highest BCUT2D eigenvalue weighted by atomic mass is 14.9. The number of hydrogen-bond donors (Lipinski definition) is 1. The molecule has 0 fully saturated rings. The molecular weight excluding hydrogens is 410 g/mol. The Kier molecular flexibility index (Phi) is 5.04. The van der Waals surface area contributed by atoms with E-state index in [0.717, 1.165) is 6.42 Å². The highest BCUT2D eigenvalue weighted by Gasteiger charge is 2.27. The molecule has 164 valence electrons. The van der Waals surface area contributed by atoms with Gasteiger partial charge in [0.1, 0.15) is 0 Å². The smallest absolute Gasteiger partial charge is 0.0512 e. The molecule has 5 aromatic carbocycles. The van der Waals surface area contributed by atoms with Crippen molar-refractivity contribution >= 4 is 11.4 Å². The molecule has 0 radical (unpaired) electrons. The van der Waals surface area contributed by atoms with Crippen LogP contribution in [-0.2, 0) is 6.42 Å². The largest absolute Gasteiger partial charge is 0.355 e. The SMILES string of the molecule is Cc1cccc(Nc2c3c(cc(-c4ccccc4)c2-c2ccccc2)-c2ccccc2C3)c1C. The van der Waals surface area contributed by atoms with Gasteiger partial charge in [0.2, 0.25) is 0 Å². The Morgan fingerprint density at radius 3 is 2.03 bits per heavy atom. The van der Waals surface area contributed by atoms with Crippen molar-refractivity contribution in [3.05, 3.63) is 131 Å². The van der Waals surface area contributed by atoms with Crippen molar-refractivity contribution in [1.82, 2.24) is 0 Å². The van der Waals surface area contributed by atoms with E-state index in [1.165, 1.54) is 67.0 Å². The van der Waals surface area contributed by atoms with E-state index in [0.29, 0.717) is 0 Å². The molecule has 0 aliphatic heterocycles. The van der Waals surface area contributed by atoms with E-state index in [-0.39, 0.29) is 0 Å². The molecule has 0 unspecified atom stereocenters. The third-order valence-electron chi connectivity index (χ3n) is 7.12. The molecule has 0 spiro atoms. The molecule has 0 heterocycles. The molecule has 0 aromatic heterocycles. The molecule has 0 bridgehead atoms. The first-order valence-electron chi connectivity index (χ1n) is 11.9. The number of nitrogens with one attached hydrogen (secondary N) is 1. The average molecular weight is 438 g/mol. The van der Waals surface area contributed by atoms with Gasteiger partial charge in [-0.05, 0) is 76.1 Å². The Hall–Kier alpha value is -4.10. The summed E-state index contributed by atoms with van der Waals surface area (Å²) < 4.78 is 0. The van der Waals surface area contributed by atoms with Crippen LogP contribution in [0.2, 0.25) is 0 Å². The lowest BCUT2D eigenvalue weighted by Gasteiger charge is -2.23. The Morgan fingerprint density at radius 1 is 0.588 bits per heavy atom. The van der Waals surface area contributed by atoms with Gasteiger partial charge in [0.15, 0.2) is 0 Å². The fourth-order valence-corrected chi connectivity index (χ4v) is 5.18. The van der Waals surface area contributed by atoms with Crippen molar-refractivity contribution in [3.63, 3.8) is 0 Å². The van der Waals surface area contributed by atoms with Gasteiger partial charge in [0.25, 0.3) is 0 Å². The second-order valence-corrected chi connectivity index (χ2v) is 9.14. The van der Waals surface area contributed by atoms with E-state index in [2.05, 4.69) is 128 Å². The zero-order chi connectivity index (χ0) is 23.1. The van der Waals surface area contributed by atoms with Crippen molar-refractivity contribution in [2.45, 2.75) is 20.3 Å². The summed E-state index contributed by atoms with van der Waals surface area (Å²) in [6.07, 6.45) is 0.938. The van der Waals surface area contributed by atoms with Crippen LogP contribution >= 0.6 is 0 Å². The van der Waals surface area contributed by atoms with Crippen molar-refractivity contribution in [2.75, 3.05) is 5.32 Å².